The van der Waals surface area contributed by atoms with Crippen LogP contribution in [0.2, 0.25) is 19.6 Å². The van der Waals surface area contributed by atoms with Crippen molar-refractivity contribution in [3.63, 3.8) is 0 Å². The van der Waals surface area contributed by atoms with Gasteiger partial charge in [-0.1, -0.05) is 55.9 Å². The van der Waals surface area contributed by atoms with Gasteiger partial charge in [-0.15, -0.1) is 12.0 Å². The molecule has 0 radical (unpaired) electrons. The molecule has 2 heterocycles. The SMILES string of the molecule is C#Cc1ccc([C@@H]2c3[nH]c4ccccc4c3C[C@H](C(=O)OC)N2C(=O)C#C[Si](C)(C)C)cc1. The van der Waals surface area contributed by atoms with E-state index in [9.17, 15) is 9.59 Å². The number of hydrogen-bond donors (Lipinski definition) is 1. The lowest BCUT2D eigenvalue weighted by Crippen LogP contribution is -2.51. The third-order valence-corrected chi connectivity index (χ3v) is 6.65. The van der Waals surface area contributed by atoms with Crippen LogP contribution in [0.4, 0.5) is 0 Å². The summed E-state index contributed by atoms with van der Waals surface area (Å²) in [7, 11) is -0.460. The average molecular weight is 455 g/mol. The summed E-state index contributed by atoms with van der Waals surface area (Å²) in [6.07, 6.45) is 5.90. The predicted octanol–water partition coefficient (Wildman–Crippen LogP) is 4.05. The van der Waals surface area contributed by atoms with Crippen LogP contribution >= 0.6 is 0 Å². The second kappa shape index (κ2) is 8.65. The van der Waals surface area contributed by atoms with Crippen LogP contribution in [0.3, 0.4) is 0 Å². The number of para-hydroxylation sites is 1. The van der Waals surface area contributed by atoms with Gasteiger partial charge in [-0.25, -0.2) is 4.79 Å². The summed E-state index contributed by atoms with van der Waals surface area (Å²) < 4.78 is 5.13. The van der Waals surface area contributed by atoms with Gasteiger partial charge >= 0.3 is 5.97 Å². The van der Waals surface area contributed by atoms with Crippen LogP contribution in [0, 0.1) is 23.8 Å². The predicted molar refractivity (Wildman–Crippen MR) is 132 cm³/mol. The second-order valence-corrected chi connectivity index (χ2v) is 13.9. The molecular formula is C27H26N2O3Si. The maximum absolute atomic E-state index is 13.5. The minimum absolute atomic E-state index is 0.353. The molecule has 33 heavy (non-hydrogen) atoms. The molecule has 0 aliphatic carbocycles. The number of terminal acetylenes is 1. The molecule has 0 saturated carbocycles. The smallest absolute Gasteiger partial charge is 0.328 e. The first-order chi connectivity index (χ1) is 15.7. The lowest BCUT2D eigenvalue weighted by atomic mass is 9.87. The molecular weight excluding hydrogens is 428 g/mol. The highest BCUT2D eigenvalue weighted by molar-refractivity contribution is 6.84. The molecule has 1 aromatic heterocycles. The van der Waals surface area contributed by atoms with Crippen molar-refractivity contribution in [2.45, 2.75) is 38.1 Å². The molecule has 1 N–H and O–H groups in total. The van der Waals surface area contributed by atoms with E-state index >= 15 is 0 Å². The van der Waals surface area contributed by atoms with Crippen molar-refractivity contribution < 1.29 is 14.3 Å². The molecule has 5 nitrogen and oxygen atoms in total. The van der Waals surface area contributed by atoms with Crippen LogP contribution in [0.25, 0.3) is 10.9 Å². The van der Waals surface area contributed by atoms with Crippen molar-refractivity contribution in [1.82, 2.24) is 9.88 Å². The van der Waals surface area contributed by atoms with Crippen LogP contribution < -0.4 is 0 Å². The molecule has 1 aliphatic heterocycles. The largest absolute Gasteiger partial charge is 0.467 e. The lowest BCUT2D eigenvalue weighted by Gasteiger charge is -2.40. The first-order valence-electron chi connectivity index (χ1n) is 10.8. The number of carbonyl (C=O) groups is 2. The first kappa shape index (κ1) is 22.5. The Hall–Kier alpha value is -3.74. The van der Waals surface area contributed by atoms with Gasteiger partial charge in [0.05, 0.1) is 13.2 Å². The number of benzene rings is 2. The van der Waals surface area contributed by atoms with Crippen LogP contribution in [0.5, 0.6) is 0 Å². The van der Waals surface area contributed by atoms with Crippen LogP contribution in [-0.2, 0) is 20.7 Å². The fourth-order valence-corrected chi connectivity index (χ4v) is 4.75. The molecule has 0 saturated heterocycles. The van der Waals surface area contributed by atoms with E-state index in [4.69, 9.17) is 11.2 Å². The molecule has 2 atom stereocenters. The third-order valence-electron chi connectivity index (χ3n) is 5.78. The number of fused-ring (bicyclic) bond motifs is 3. The number of methoxy groups -OCH3 is 1. The Bertz CT molecular complexity index is 1330. The van der Waals surface area contributed by atoms with Crippen molar-refractivity contribution in [2.24, 2.45) is 0 Å². The number of nitrogens with zero attached hydrogens (tertiary/aromatic N) is 1. The van der Waals surface area contributed by atoms with E-state index in [-0.39, 0.29) is 5.91 Å². The molecule has 0 spiro atoms. The van der Waals surface area contributed by atoms with Crippen molar-refractivity contribution in [1.29, 1.82) is 0 Å². The molecule has 6 heteroatoms. The third kappa shape index (κ3) is 4.31. The van der Waals surface area contributed by atoms with Crippen LogP contribution in [-0.4, -0.2) is 43.0 Å². The zero-order valence-electron chi connectivity index (χ0n) is 19.2. The Morgan fingerprint density at radius 1 is 1.12 bits per heavy atom. The Balaban J connectivity index is 1.96. The Labute approximate surface area is 195 Å². The van der Waals surface area contributed by atoms with Gasteiger partial charge in [0.1, 0.15) is 14.1 Å². The van der Waals surface area contributed by atoms with E-state index in [0.717, 1.165) is 33.3 Å². The summed E-state index contributed by atoms with van der Waals surface area (Å²) >= 11 is 0. The molecule has 3 aromatic rings. The highest BCUT2D eigenvalue weighted by atomic mass is 28.3. The lowest BCUT2D eigenvalue weighted by molar-refractivity contribution is -0.153. The van der Waals surface area contributed by atoms with Gasteiger partial charge in [0.2, 0.25) is 0 Å². The Morgan fingerprint density at radius 2 is 1.82 bits per heavy atom. The maximum Gasteiger partial charge on any atom is 0.328 e. The number of ether oxygens (including phenoxy) is 1. The number of carbonyl (C=O) groups excluding carboxylic acids is 2. The number of H-pyrrole nitrogens is 1. The molecule has 166 valence electrons. The zero-order valence-corrected chi connectivity index (χ0v) is 20.2. The molecule has 4 rings (SSSR count). The summed E-state index contributed by atoms with van der Waals surface area (Å²) in [6.45, 7) is 6.23. The van der Waals surface area contributed by atoms with Crippen molar-refractivity contribution in [3.8, 4) is 23.8 Å². The Kier molecular flexibility index (Phi) is 5.89. The zero-order chi connectivity index (χ0) is 23.8. The van der Waals surface area contributed by atoms with Gasteiger partial charge in [-0.05, 0) is 35.2 Å². The van der Waals surface area contributed by atoms with Gasteiger partial charge in [0, 0.05) is 28.6 Å². The number of aromatic amines is 1. The molecule has 1 aliphatic rings. The molecule has 0 unspecified atom stereocenters. The fraction of sp³-hybridized carbons (Fsp3) is 0.259. The van der Waals surface area contributed by atoms with Crippen LogP contribution in [0.15, 0.2) is 48.5 Å². The molecule has 1 amide bonds. The van der Waals surface area contributed by atoms with E-state index < -0.39 is 26.1 Å². The van der Waals surface area contributed by atoms with Crippen molar-refractivity contribution in [3.05, 3.63) is 70.9 Å². The number of hydrogen-bond acceptors (Lipinski definition) is 3. The number of esters is 1. The summed E-state index contributed by atoms with van der Waals surface area (Å²) in [4.78, 5) is 31.5. The number of amides is 1. The first-order valence-corrected chi connectivity index (χ1v) is 14.3. The Morgan fingerprint density at radius 3 is 2.45 bits per heavy atom. The summed E-state index contributed by atoms with van der Waals surface area (Å²) in [6, 6.07) is 14.1. The van der Waals surface area contributed by atoms with E-state index in [2.05, 4.69) is 42.0 Å². The van der Waals surface area contributed by atoms with Crippen LogP contribution in [0.1, 0.15) is 28.4 Å². The van der Waals surface area contributed by atoms with Crippen molar-refractivity contribution >= 4 is 30.9 Å². The minimum Gasteiger partial charge on any atom is -0.467 e. The highest BCUT2D eigenvalue weighted by Crippen LogP contribution is 2.41. The number of aromatic nitrogens is 1. The second-order valence-electron chi connectivity index (χ2n) is 9.19. The van der Waals surface area contributed by atoms with Gasteiger partial charge in [0.15, 0.2) is 0 Å². The fourth-order valence-electron chi connectivity index (χ4n) is 4.27. The van der Waals surface area contributed by atoms with E-state index in [1.54, 1.807) is 4.90 Å². The standard InChI is InChI=1S/C27H26N2O3Si/c1-6-18-11-13-19(14-12-18)26-25-21(20-9-7-8-10-22(20)28-25)17-23(27(31)32-2)29(26)24(30)15-16-33(3,4)5/h1,7-14,23,26,28H,17H2,2-5H3/t23-,26-/m1/s1. The molecule has 2 aromatic carbocycles. The van der Waals surface area contributed by atoms with E-state index in [1.807, 2.05) is 48.5 Å². The summed E-state index contributed by atoms with van der Waals surface area (Å²) in [5.41, 5.74) is 7.58. The van der Waals surface area contributed by atoms with E-state index in [0.29, 0.717) is 6.42 Å². The average Bonchev–Trinajstić information content (AvgIpc) is 3.18. The molecule has 0 bridgehead atoms. The highest BCUT2D eigenvalue weighted by Gasteiger charge is 2.43. The topological polar surface area (TPSA) is 62.4 Å². The maximum atomic E-state index is 13.5. The molecule has 0 fully saturated rings. The minimum atomic E-state index is -1.81. The number of rotatable bonds is 2. The summed E-state index contributed by atoms with van der Waals surface area (Å²) in [5.74, 6) is 4.61. The van der Waals surface area contributed by atoms with E-state index in [1.165, 1.54) is 7.11 Å². The summed E-state index contributed by atoms with van der Waals surface area (Å²) in [5, 5.41) is 1.03. The van der Waals surface area contributed by atoms with Crippen molar-refractivity contribution in [2.75, 3.05) is 7.11 Å². The van der Waals surface area contributed by atoms with Gasteiger partial charge in [-0.3, -0.25) is 4.79 Å². The normalized spacial score (nSPS) is 17.5. The quantitative estimate of drug-likeness (QED) is 0.361. The van der Waals surface area contributed by atoms with Gasteiger partial charge in [0.25, 0.3) is 5.91 Å². The number of nitrogens with one attached hydrogen (secondary N) is 1. The van der Waals surface area contributed by atoms with Gasteiger partial charge < -0.3 is 14.6 Å². The van der Waals surface area contributed by atoms with Gasteiger partial charge in [-0.2, -0.15) is 0 Å². The monoisotopic (exact) mass is 454 g/mol.